The van der Waals surface area contributed by atoms with Gasteiger partial charge in [0.15, 0.2) is 0 Å². The first-order chi connectivity index (χ1) is 12.2. The SMILES string of the molecule is CN(CC(=O)Nc1ccc(Cl)c(Cl)c1)CC(=O)Nc1ccc(F)cc1F. The highest BCUT2D eigenvalue weighted by molar-refractivity contribution is 6.42. The van der Waals surface area contributed by atoms with Gasteiger partial charge in [-0.2, -0.15) is 0 Å². The Morgan fingerprint density at radius 3 is 2.23 bits per heavy atom. The number of likely N-dealkylation sites (N-methyl/N-ethyl adjacent to an activating group) is 1. The van der Waals surface area contributed by atoms with Crippen LogP contribution in [0.4, 0.5) is 20.2 Å². The number of carbonyl (C=O) groups excluding carboxylic acids is 2. The third kappa shape index (κ3) is 5.94. The maximum absolute atomic E-state index is 13.5. The van der Waals surface area contributed by atoms with Crippen molar-refractivity contribution in [1.29, 1.82) is 0 Å². The molecule has 0 aliphatic rings. The maximum Gasteiger partial charge on any atom is 0.238 e. The van der Waals surface area contributed by atoms with Crippen LogP contribution in [-0.4, -0.2) is 36.9 Å². The van der Waals surface area contributed by atoms with E-state index in [-0.39, 0.29) is 24.7 Å². The van der Waals surface area contributed by atoms with E-state index < -0.39 is 17.5 Å². The van der Waals surface area contributed by atoms with Crippen LogP contribution in [0.1, 0.15) is 0 Å². The first-order valence-corrected chi connectivity index (χ1v) is 8.18. The molecule has 0 aromatic heterocycles. The molecule has 2 N–H and O–H groups in total. The van der Waals surface area contributed by atoms with Crippen LogP contribution in [0.5, 0.6) is 0 Å². The molecular formula is C17H15Cl2F2N3O2. The predicted octanol–water partition coefficient (Wildman–Crippen LogP) is 3.78. The summed E-state index contributed by atoms with van der Waals surface area (Å²) >= 11 is 11.7. The quantitative estimate of drug-likeness (QED) is 0.773. The molecule has 0 heterocycles. The lowest BCUT2D eigenvalue weighted by Gasteiger charge is -2.16. The average Bonchev–Trinajstić information content (AvgIpc) is 2.53. The number of hydrogen-bond acceptors (Lipinski definition) is 3. The summed E-state index contributed by atoms with van der Waals surface area (Å²) in [5.41, 5.74) is 0.334. The molecule has 0 saturated carbocycles. The monoisotopic (exact) mass is 401 g/mol. The van der Waals surface area contributed by atoms with Crippen LogP contribution in [0, 0.1) is 11.6 Å². The normalized spacial score (nSPS) is 10.7. The van der Waals surface area contributed by atoms with E-state index in [1.165, 1.54) is 11.0 Å². The Balaban J connectivity index is 1.84. The molecule has 138 valence electrons. The number of hydrogen-bond donors (Lipinski definition) is 2. The number of carbonyl (C=O) groups is 2. The van der Waals surface area contributed by atoms with E-state index in [2.05, 4.69) is 10.6 Å². The second kappa shape index (κ2) is 8.93. The summed E-state index contributed by atoms with van der Waals surface area (Å²) in [7, 11) is 1.55. The molecule has 26 heavy (non-hydrogen) atoms. The van der Waals surface area contributed by atoms with Gasteiger partial charge in [-0.3, -0.25) is 14.5 Å². The van der Waals surface area contributed by atoms with Crippen molar-refractivity contribution in [1.82, 2.24) is 4.90 Å². The van der Waals surface area contributed by atoms with E-state index in [0.717, 1.165) is 12.1 Å². The first-order valence-electron chi connectivity index (χ1n) is 7.43. The van der Waals surface area contributed by atoms with Crippen molar-refractivity contribution in [3.8, 4) is 0 Å². The van der Waals surface area contributed by atoms with Crippen molar-refractivity contribution < 1.29 is 18.4 Å². The number of nitrogens with one attached hydrogen (secondary N) is 2. The minimum absolute atomic E-state index is 0.0838. The smallest absolute Gasteiger partial charge is 0.238 e. The van der Waals surface area contributed by atoms with Crippen molar-refractivity contribution in [2.24, 2.45) is 0 Å². The van der Waals surface area contributed by atoms with Gasteiger partial charge in [-0.05, 0) is 37.4 Å². The Kier molecular flexibility index (Phi) is 6.90. The van der Waals surface area contributed by atoms with Gasteiger partial charge in [-0.15, -0.1) is 0 Å². The molecule has 0 bridgehead atoms. The summed E-state index contributed by atoms with van der Waals surface area (Å²) in [6, 6.07) is 7.48. The molecule has 0 aliphatic heterocycles. The van der Waals surface area contributed by atoms with Crippen LogP contribution in [0.25, 0.3) is 0 Å². The molecule has 2 rings (SSSR count). The highest BCUT2D eigenvalue weighted by Crippen LogP contribution is 2.24. The summed E-state index contributed by atoms with van der Waals surface area (Å²) in [6.07, 6.45) is 0. The van der Waals surface area contributed by atoms with Crippen LogP contribution in [0.3, 0.4) is 0 Å². The second-order valence-corrected chi connectivity index (χ2v) is 6.34. The molecule has 2 amide bonds. The minimum atomic E-state index is -0.877. The lowest BCUT2D eigenvalue weighted by Crippen LogP contribution is -2.36. The Labute approximate surface area is 158 Å². The zero-order chi connectivity index (χ0) is 19.3. The standard InChI is InChI=1S/C17H15Cl2F2N3O2/c1-24(8-16(25)22-11-3-4-12(18)13(19)7-11)9-17(26)23-15-5-2-10(20)6-14(15)21/h2-7H,8-9H2,1H3,(H,22,25)(H,23,26). The number of halogens is 4. The van der Waals surface area contributed by atoms with Crippen LogP contribution < -0.4 is 10.6 Å². The highest BCUT2D eigenvalue weighted by Gasteiger charge is 2.13. The first kappa shape index (κ1) is 20.1. The predicted molar refractivity (Wildman–Crippen MR) is 97.6 cm³/mol. The lowest BCUT2D eigenvalue weighted by molar-refractivity contribution is -0.119. The summed E-state index contributed by atoms with van der Waals surface area (Å²) in [5, 5.41) is 5.61. The fraction of sp³-hybridized carbons (Fsp3) is 0.176. The number of benzene rings is 2. The maximum atomic E-state index is 13.5. The number of anilines is 2. The second-order valence-electron chi connectivity index (χ2n) is 5.52. The average molecular weight is 402 g/mol. The Hall–Kier alpha value is -2.22. The largest absolute Gasteiger partial charge is 0.325 e. The van der Waals surface area contributed by atoms with E-state index in [1.807, 2.05) is 0 Å². The summed E-state index contributed by atoms with van der Waals surface area (Å²) < 4.78 is 26.4. The van der Waals surface area contributed by atoms with E-state index in [1.54, 1.807) is 19.2 Å². The van der Waals surface area contributed by atoms with E-state index >= 15 is 0 Å². The van der Waals surface area contributed by atoms with Gasteiger partial charge in [-0.1, -0.05) is 23.2 Å². The molecule has 0 atom stereocenters. The van der Waals surface area contributed by atoms with Crippen molar-refractivity contribution >= 4 is 46.4 Å². The van der Waals surface area contributed by atoms with Gasteiger partial charge < -0.3 is 10.6 Å². The van der Waals surface area contributed by atoms with Crippen LogP contribution in [-0.2, 0) is 9.59 Å². The highest BCUT2D eigenvalue weighted by atomic mass is 35.5. The molecule has 0 spiro atoms. The Bertz CT molecular complexity index is 834. The van der Waals surface area contributed by atoms with Crippen LogP contribution in [0.15, 0.2) is 36.4 Å². The molecule has 2 aromatic rings. The van der Waals surface area contributed by atoms with Gasteiger partial charge in [0.05, 0.1) is 28.8 Å². The van der Waals surface area contributed by atoms with E-state index in [4.69, 9.17) is 23.2 Å². The zero-order valence-electron chi connectivity index (χ0n) is 13.7. The topological polar surface area (TPSA) is 61.4 Å². The Morgan fingerprint density at radius 2 is 1.62 bits per heavy atom. The van der Waals surface area contributed by atoms with Crippen molar-refractivity contribution in [3.63, 3.8) is 0 Å². The number of amides is 2. The minimum Gasteiger partial charge on any atom is -0.325 e. The van der Waals surface area contributed by atoms with Gasteiger partial charge in [-0.25, -0.2) is 8.78 Å². The van der Waals surface area contributed by atoms with Crippen molar-refractivity contribution in [2.75, 3.05) is 30.8 Å². The molecule has 0 saturated heterocycles. The van der Waals surface area contributed by atoms with Crippen molar-refractivity contribution in [2.45, 2.75) is 0 Å². The van der Waals surface area contributed by atoms with Crippen LogP contribution in [0.2, 0.25) is 10.0 Å². The summed E-state index contributed by atoms with van der Waals surface area (Å²) in [4.78, 5) is 25.3. The summed E-state index contributed by atoms with van der Waals surface area (Å²) in [6.45, 7) is -0.245. The number of rotatable bonds is 6. The Morgan fingerprint density at radius 1 is 0.962 bits per heavy atom. The van der Waals surface area contributed by atoms with Crippen molar-refractivity contribution in [3.05, 3.63) is 58.1 Å². The molecule has 0 aliphatic carbocycles. The summed E-state index contributed by atoms with van der Waals surface area (Å²) in [5.74, 6) is -2.53. The molecular weight excluding hydrogens is 387 g/mol. The van der Waals surface area contributed by atoms with Gasteiger partial charge in [0, 0.05) is 11.8 Å². The van der Waals surface area contributed by atoms with Gasteiger partial charge in [0.1, 0.15) is 11.6 Å². The zero-order valence-corrected chi connectivity index (χ0v) is 15.2. The van der Waals surface area contributed by atoms with Crippen LogP contribution >= 0.6 is 23.2 Å². The molecule has 9 heteroatoms. The number of nitrogens with zero attached hydrogens (tertiary/aromatic N) is 1. The van der Waals surface area contributed by atoms with Gasteiger partial charge in [0.2, 0.25) is 11.8 Å². The molecule has 5 nitrogen and oxygen atoms in total. The third-order valence-corrected chi connectivity index (χ3v) is 3.97. The molecule has 0 radical (unpaired) electrons. The fourth-order valence-electron chi connectivity index (χ4n) is 2.10. The lowest BCUT2D eigenvalue weighted by atomic mass is 10.3. The molecule has 0 unspecified atom stereocenters. The molecule has 2 aromatic carbocycles. The van der Waals surface area contributed by atoms with E-state index in [0.29, 0.717) is 21.8 Å². The molecule has 0 fully saturated rings. The van der Waals surface area contributed by atoms with E-state index in [9.17, 15) is 18.4 Å². The third-order valence-electron chi connectivity index (χ3n) is 3.24. The fourth-order valence-corrected chi connectivity index (χ4v) is 2.40. The van der Waals surface area contributed by atoms with Gasteiger partial charge in [0.25, 0.3) is 0 Å². The van der Waals surface area contributed by atoms with Gasteiger partial charge >= 0.3 is 0 Å².